The first kappa shape index (κ1) is 17.0. The van der Waals surface area contributed by atoms with Crippen LogP contribution in [0.5, 0.6) is 11.5 Å². The van der Waals surface area contributed by atoms with Crippen LogP contribution in [0, 0.1) is 6.92 Å². The van der Waals surface area contributed by atoms with Crippen molar-refractivity contribution in [1.82, 2.24) is 0 Å². The predicted molar refractivity (Wildman–Crippen MR) is 92.5 cm³/mol. The molecule has 0 atom stereocenters. The summed E-state index contributed by atoms with van der Waals surface area (Å²) < 4.78 is 10.6. The van der Waals surface area contributed by atoms with Crippen molar-refractivity contribution in [2.45, 2.75) is 6.92 Å². The van der Waals surface area contributed by atoms with Crippen LogP contribution in [0.25, 0.3) is 0 Å². The van der Waals surface area contributed by atoms with Crippen molar-refractivity contribution in [2.24, 2.45) is 21.7 Å². The van der Waals surface area contributed by atoms with E-state index in [1.807, 2.05) is 19.1 Å². The van der Waals surface area contributed by atoms with Crippen LogP contribution in [0.2, 0.25) is 0 Å². The van der Waals surface area contributed by atoms with Gasteiger partial charge in [-0.05, 0) is 42.8 Å². The standard InChI is InChI=1S/C17H18N4O3/c1-11-3-6-13(7-4-11)16(22)24-14-8-5-12(9-15(14)23-2)10-20-21-17(18)19/h3-10H,1-2H3,(H4,18,19,21). The lowest BCUT2D eigenvalue weighted by Crippen LogP contribution is -2.21. The molecular formula is C17H18N4O3. The van der Waals surface area contributed by atoms with Gasteiger partial charge in [0, 0.05) is 0 Å². The Balaban J connectivity index is 2.18. The number of ether oxygens (including phenoxy) is 2. The molecule has 0 radical (unpaired) electrons. The highest BCUT2D eigenvalue weighted by Crippen LogP contribution is 2.28. The number of esters is 1. The van der Waals surface area contributed by atoms with E-state index >= 15 is 0 Å². The van der Waals surface area contributed by atoms with E-state index < -0.39 is 5.97 Å². The number of carbonyl (C=O) groups excluding carboxylic acids is 1. The van der Waals surface area contributed by atoms with E-state index in [9.17, 15) is 4.79 Å². The minimum Gasteiger partial charge on any atom is -0.493 e. The quantitative estimate of drug-likeness (QED) is 0.286. The van der Waals surface area contributed by atoms with E-state index in [-0.39, 0.29) is 5.96 Å². The van der Waals surface area contributed by atoms with Crippen molar-refractivity contribution in [1.29, 1.82) is 0 Å². The molecule has 7 heteroatoms. The zero-order chi connectivity index (χ0) is 17.5. The summed E-state index contributed by atoms with van der Waals surface area (Å²) in [6, 6.07) is 12.1. The van der Waals surface area contributed by atoms with E-state index in [0.29, 0.717) is 22.6 Å². The summed E-state index contributed by atoms with van der Waals surface area (Å²) in [5, 5.41) is 7.22. The Morgan fingerprint density at radius 1 is 1.08 bits per heavy atom. The number of nitrogens with two attached hydrogens (primary N) is 2. The molecule has 0 aliphatic carbocycles. The average Bonchev–Trinajstić information content (AvgIpc) is 2.56. The van der Waals surface area contributed by atoms with Crippen LogP contribution in [-0.2, 0) is 0 Å². The average molecular weight is 326 g/mol. The lowest BCUT2D eigenvalue weighted by molar-refractivity contribution is 0.0729. The molecule has 2 aromatic carbocycles. The first-order valence-corrected chi connectivity index (χ1v) is 7.08. The van der Waals surface area contributed by atoms with Gasteiger partial charge < -0.3 is 20.9 Å². The molecule has 0 saturated heterocycles. The lowest BCUT2D eigenvalue weighted by Gasteiger charge is -2.10. The van der Waals surface area contributed by atoms with Gasteiger partial charge in [-0.25, -0.2) is 4.79 Å². The molecule has 24 heavy (non-hydrogen) atoms. The normalized spacial score (nSPS) is 10.4. The smallest absolute Gasteiger partial charge is 0.343 e. The molecule has 0 spiro atoms. The molecular weight excluding hydrogens is 308 g/mol. The van der Waals surface area contributed by atoms with Crippen molar-refractivity contribution in [3.05, 3.63) is 59.2 Å². The second-order valence-corrected chi connectivity index (χ2v) is 4.94. The number of nitrogens with zero attached hydrogens (tertiary/aromatic N) is 2. The molecule has 0 unspecified atom stereocenters. The number of benzene rings is 2. The molecule has 2 rings (SSSR count). The third kappa shape index (κ3) is 4.57. The number of carbonyl (C=O) groups is 1. The summed E-state index contributed by atoms with van der Waals surface area (Å²) in [7, 11) is 1.48. The molecule has 0 fully saturated rings. The van der Waals surface area contributed by atoms with Crippen LogP contribution >= 0.6 is 0 Å². The first-order valence-electron chi connectivity index (χ1n) is 7.08. The van der Waals surface area contributed by atoms with E-state index in [0.717, 1.165) is 5.56 Å². The summed E-state index contributed by atoms with van der Waals surface area (Å²) >= 11 is 0. The zero-order valence-electron chi connectivity index (χ0n) is 13.4. The minimum absolute atomic E-state index is 0.137. The van der Waals surface area contributed by atoms with Gasteiger partial charge in [0.25, 0.3) is 0 Å². The number of rotatable bonds is 5. The largest absolute Gasteiger partial charge is 0.493 e. The Morgan fingerprint density at radius 2 is 1.79 bits per heavy atom. The number of hydrogen-bond donors (Lipinski definition) is 2. The summed E-state index contributed by atoms with van der Waals surface area (Å²) in [4.78, 5) is 12.2. The number of aryl methyl sites for hydroxylation is 1. The van der Waals surface area contributed by atoms with Gasteiger partial charge in [0.2, 0.25) is 5.96 Å². The first-order chi connectivity index (χ1) is 11.5. The predicted octanol–water partition coefficient (Wildman–Crippen LogP) is 1.83. The van der Waals surface area contributed by atoms with Crippen molar-refractivity contribution in [3.63, 3.8) is 0 Å². The lowest BCUT2D eigenvalue weighted by atomic mass is 10.1. The fourth-order valence-corrected chi connectivity index (χ4v) is 1.86. The SMILES string of the molecule is COc1cc(C=NN=C(N)N)ccc1OC(=O)c1ccc(C)cc1. The highest BCUT2D eigenvalue weighted by atomic mass is 16.6. The van der Waals surface area contributed by atoms with E-state index in [4.69, 9.17) is 20.9 Å². The van der Waals surface area contributed by atoms with Crippen LogP contribution in [0.3, 0.4) is 0 Å². The van der Waals surface area contributed by atoms with Crippen LogP contribution < -0.4 is 20.9 Å². The maximum Gasteiger partial charge on any atom is 0.343 e. The highest BCUT2D eigenvalue weighted by Gasteiger charge is 2.12. The molecule has 7 nitrogen and oxygen atoms in total. The maximum atomic E-state index is 12.2. The summed E-state index contributed by atoms with van der Waals surface area (Å²) in [6.07, 6.45) is 1.45. The Kier molecular flexibility index (Phi) is 5.51. The second kappa shape index (κ2) is 7.77. The van der Waals surface area contributed by atoms with Crippen LogP contribution in [-0.4, -0.2) is 25.3 Å². The third-order valence-electron chi connectivity index (χ3n) is 3.06. The van der Waals surface area contributed by atoms with Gasteiger partial charge in [0.1, 0.15) is 0 Å². The molecule has 124 valence electrons. The molecule has 4 N–H and O–H groups in total. The molecule has 0 aliphatic heterocycles. The molecule has 0 amide bonds. The monoisotopic (exact) mass is 326 g/mol. The summed E-state index contributed by atoms with van der Waals surface area (Å²) in [5.41, 5.74) is 12.6. The molecule has 0 bridgehead atoms. The molecule has 0 aromatic heterocycles. The van der Waals surface area contributed by atoms with Gasteiger partial charge in [-0.2, -0.15) is 5.10 Å². The maximum absolute atomic E-state index is 12.2. The fourth-order valence-electron chi connectivity index (χ4n) is 1.86. The van der Waals surface area contributed by atoms with Gasteiger partial charge in [-0.3, -0.25) is 0 Å². The Labute approximate surface area is 139 Å². The summed E-state index contributed by atoms with van der Waals surface area (Å²) in [5.74, 6) is 0.100. The van der Waals surface area contributed by atoms with E-state index in [1.54, 1.807) is 30.3 Å². The summed E-state index contributed by atoms with van der Waals surface area (Å²) in [6.45, 7) is 1.95. The molecule has 0 heterocycles. The van der Waals surface area contributed by atoms with Gasteiger partial charge in [0.15, 0.2) is 11.5 Å². The third-order valence-corrected chi connectivity index (χ3v) is 3.06. The Bertz CT molecular complexity index is 779. The number of methoxy groups -OCH3 is 1. The van der Waals surface area contributed by atoms with Crippen LogP contribution in [0.15, 0.2) is 52.7 Å². The van der Waals surface area contributed by atoms with Crippen LogP contribution in [0.1, 0.15) is 21.5 Å². The Hall–Kier alpha value is -3.35. The second-order valence-electron chi connectivity index (χ2n) is 4.94. The molecule has 0 aliphatic rings. The van der Waals surface area contributed by atoms with E-state index in [2.05, 4.69) is 10.2 Å². The van der Waals surface area contributed by atoms with Gasteiger partial charge >= 0.3 is 5.97 Å². The van der Waals surface area contributed by atoms with Crippen molar-refractivity contribution in [2.75, 3.05) is 7.11 Å². The fraction of sp³-hybridized carbons (Fsp3) is 0.118. The van der Waals surface area contributed by atoms with Crippen molar-refractivity contribution >= 4 is 18.1 Å². The van der Waals surface area contributed by atoms with Crippen LogP contribution in [0.4, 0.5) is 0 Å². The highest BCUT2D eigenvalue weighted by molar-refractivity contribution is 5.91. The van der Waals surface area contributed by atoms with Gasteiger partial charge in [0.05, 0.1) is 18.9 Å². The van der Waals surface area contributed by atoms with Crippen molar-refractivity contribution in [3.8, 4) is 11.5 Å². The number of guanidine groups is 1. The van der Waals surface area contributed by atoms with Gasteiger partial charge in [-0.1, -0.05) is 17.7 Å². The molecule has 0 saturated carbocycles. The Morgan fingerprint density at radius 3 is 2.42 bits per heavy atom. The number of hydrogen-bond acceptors (Lipinski definition) is 5. The van der Waals surface area contributed by atoms with E-state index in [1.165, 1.54) is 13.3 Å². The minimum atomic E-state index is -0.463. The zero-order valence-corrected chi connectivity index (χ0v) is 13.4. The van der Waals surface area contributed by atoms with Gasteiger partial charge in [-0.15, -0.1) is 5.10 Å². The van der Waals surface area contributed by atoms with Crippen molar-refractivity contribution < 1.29 is 14.3 Å². The molecule has 2 aromatic rings. The topological polar surface area (TPSA) is 112 Å².